The van der Waals surface area contributed by atoms with E-state index < -0.39 is 10.0 Å². The first kappa shape index (κ1) is 15.0. The van der Waals surface area contributed by atoms with Crippen molar-refractivity contribution in [2.24, 2.45) is 11.8 Å². The largest absolute Gasteiger partial charge is 0.392 e. The molecule has 0 aliphatic heterocycles. The lowest BCUT2D eigenvalue weighted by atomic mass is 9.96. The van der Waals surface area contributed by atoms with Gasteiger partial charge in [0.25, 0.3) is 0 Å². The van der Waals surface area contributed by atoms with E-state index in [2.05, 4.69) is 4.72 Å². The van der Waals surface area contributed by atoms with Gasteiger partial charge in [0.05, 0.1) is 11.5 Å². The van der Waals surface area contributed by atoms with Crippen molar-refractivity contribution in [2.75, 3.05) is 0 Å². The second-order valence-electron chi connectivity index (χ2n) is 6.60. The van der Waals surface area contributed by atoms with Crippen LogP contribution in [0, 0.1) is 25.7 Å². The smallest absolute Gasteiger partial charge is 0.241 e. The molecule has 1 aromatic carbocycles. The van der Waals surface area contributed by atoms with Crippen LogP contribution >= 0.6 is 0 Å². The van der Waals surface area contributed by atoms with Crippen LogP contribution in [0.25, 0.3) is 0 Å². The summed E-state index contributed by atoms with van der Waals surface area (Å²) in [5.74, 6) is 1.21. The number of hydrogen-bond acceptors (Lipinski definition) is 3. The van der Waals surface area contributed by atoms with Crippen LogP contribution in [-0.4, -0.2) is 19.6 Å². The van der Waals surface area contributed by atoms with Crippen molar-refractivity contribution < 1.29 is 13.5 Å². The first-order valence-corrected chi connectivity index (χ1v) is 9.12. The minimum Gasteiger partial charge on any atom is -0.392 e. The van der Waals surface area contributed by atoms with E-state index in [1.54, 1.807) is 6.07 Å². The Bertz CT molecular complexity index is 654. The van der Waals surface area contributed by atoms with E-state index in [0.717, 1.165) is 24.0 Å². The first-order valence-electron chi connectivity index (χ1n) is 7.64. The molecule has 4 nitrogen and oxygen atoms in total. The van der Waals surface area contributed by atoms with Crippen LogP contribution in [0.1, 0.15) is 42.4 Å². The molecule has 116 valence electrons. The Morgan fingerprint density at radius 1 is 1.19 bits per heavy atom. The van der Waals surface area contributed by atoms with E-state index in [1.807, 2.05) is 19.9 Å². The standard InChI is InChI=1S/C16H23NO3S/c1-10-5-11(2)16(8-14(10)9-18)21(19,20)17-15-7-12-3-4-13(15)6-12/h5,8,12-13,15,17-18H,3-4,6-7,9H2,1-2H3. The van der Waals surface area contributed by atoms with E-state index >= 15 is 0 Å². The van der Waals surface area contributed by atoms with Crippen LogP contribution in [0.5, 0.6) is 0 Å². The summed E-state index contributed by atoms with van der Waals surface area (Å²) in [4.78, 5) is 0.305. The molecule has 2 aliphatic rings. The van der Waals surface area contributed by atoms with E-state index in [9.17, 15) is 13.5 Å². The molecule has 21 heavy (non-hydrogen) atoms. The molecule has 5 heteroatoms. The lowest BCUT2D eigenvalue weighted by Crippen LogP contribution is -2.38. The highest BCUT2D eigenvalue weighted by molar-refractivity contribution is 7.89. The van der Waals surface area contributed by atoms with Gasteiger partial charge >= 0.3 is 0 Å². The number of nitrogens with one attached hydrogen (secondary N) is 1. The molecule has 0 spiro atoms. The molecule has 3 unspecified atom stereocenters. The molecular weight excluding hydrogens is 286 g/mol. The van der Waals surface area contributed by atoms with Crippen LogP contribution in [0.15, 0.2) is 17.0 Å². The fourth-order valence-corrected chi connectivity index (χ4v) is 5.58. The van der Waals surface area contributed by atoms with Gasteiger partial charge < -0.3 is 5.11 Å². The number of benzene rings is 1. The summed E-state index contributed by atoms with van der Waals surface area (Å²) < 4.78 is 28.2. The quantitative estimate of drug-likeness (QED) is 0.896. The van der Waals surface area contributed by atoms with Crippen LogP contribution in [0.2, 0.25) is 0 Å². The fourth-order valence-electron chi connectivity index (χ4n) is 3.99. The molecule has 2 N–H and O–H groups in total. The maximum absolute atomic E-state index is 12.7. The molecule has 3 rings (SSSR count). The SMILES string of the molecule is Cc1cc(C)c(S(=O)(=O)NC2CC3CCC2C3)cc1CO. The molecule has 1 aromatic rings. The number of sulfonamides is 1. The zero-order valence-electron chi connectivity index (χ0n) is 12.6. The highest BCUT2D eigenvalue weighted by atomic mass is 32.2. The normalized spacial score (nSPS) is 28.2. The van der Waals surface area contributed by atoms with Crippen molar-refractivity contribution in [1.29, 1.82) is 0 Å². The molecule has 2 fully saturated rings. The maximum Gasteiger partial charge on any atom is 0.241 e. The van der Waals surface area contributed by atoms with E-state index in [0.29, 0.717) is 22.3 Å². The Morgan fingerprint density at radius 2 is 1.95 bits per heavy atom. The van der Waals surface area contributed by atoms with Crippen molar-refractivity contribution in [1.82, 2.24) is 4.72 Å². The van der Waals surface area contributed by atoms with Crippen molar-refractivity contribution >= 4 is 10.0 Å². The Balaban J connectivity index is 1.88. The van der Waals surface area contributed by atoms with Crippen LogP contribution < -0.4 is 4.72 Å². The summed E-state index contributed by atoms with van der Waals surface area (Å²) in [6.45, 7) is 3.56. The lowest BCUT2D eigenvalue weighted by molar-refractivity contribution is 0.280. The number of aliphatic hydroxyl groups is 1. The second-order valence-corrected chi connectivity index (χ2v) is 8.29. The summed E-state index contributed by atoms with van der Waals surface area (Å²) in [5, 5.41) is 9.35. The molecule has 0 heterocycles. The third-order valence-electron chi connectivity index (χ3n) is 5.14. The predicted molar refractivity (Wildman–Crippen MR) is 81.4 cm³/mol. The van der Waals surface area contributed by atoms with Crippen LogP contribution in [-0.2, 0) is 16.6 Å². The van der Waals surface area contributed by atoms with Crippen LogP contribution in [0.4, 0.5) is 0 Å². The predicted octanol–water partition coefficient (Wildman–Crippen LogP) is 2.26. The highest BCUT2D eigenvalue weighted by Gasteiger charge is 2.41. The van der Waals surface area contributed by atoms with Crippen molar-refractivity contribution in [3.05, 3.63) is 28.8 Å². The Morgan fingerprint density at radius 3 is 2.52 bits per heavy atom. The van der Waals surface area contributed by atoms with Gasteiger partial charge in [0.2, 0.25) is 10.0 Å². The van der Waals surface area contributed by atoms with Gasteiger partial charge in [-0.15, -0.1) is 0 Å². The molecule has 0 radical (unpaired) electrons. The first-order chi connectivity index (χ1) is 9.90. The van der Waals surface area contributed by atoms with E-state index in [1.165, 1.54) is 12.8 Å². The van der Waals surface area contributed by atoms with Crippen molar-refractivity contribution in [2.45, 2.75) is 57.1 Å². The third-order valence-corrected chi connectivity index (χ3v) is 6.77. The zero-order valence-corrected chi connectivity index (χ0v) is 13.4. The van der Waals surface area contributed by atoms with E-state index in [-0.39, 0.29) is 12.6 Å². The lowest BCUT2D eigenvalue weighted by Gasteiger charge is -2.23. The topological polar surface area (TPSA) is 66.4 Å². The van der Waals surface area contributed by atoms with Gasteiger partial charge in [-0.2, -0.15) is 0 Å². The highest BCUT2D eigenvalue weighted by Crippen LogP contribution is 2.44. The fraction of sp³-hybridized carbons (Fsp3) is 0.625. The van der Waals surface area contributed by atoms with Gasteiger partial charge in [0.1, 0.15) is 0 Å². The van der Waals surface area contributed by atoms with Gasteiger partial charge in [0, 0.05) is 6.04 Å². The number of fused-ring (bicyclic) bond motifs is 2. The molecule has 2 bridgehead atoms. The summed E-state index contributed by atoms with van der Waals surface area (Å²) in [6, 6.07) is 3.54. The van der Waals surface area contributed by atoms with Crippen molar-refractivity contribution in [3.8, 4) is 0 Å². The summed E-state index contributed by atoms with van der Waals surface area (Å²) in [7, 11) is -3.51. The van der Waals surface area contributed by atoms with Crippen molar-refractivity contribution in [3.63, 3.8) is 0 Å². The molecule has 2 aliphatic carbocycles. The van der Waals surface area contributed by atoms with Gasteiger partial charge in [-0.25, -0.2) is 13.1 Å². The molecule has 0 amide bonds. The van der Waals surface area contributed by atoms with Gasteiger partial charge in [-0.05, 0) is 67.7 Å². The van der Waals surface area contributed by atoms with Gasteiger partial charge in [-0.3, -0.25) is 0 Å². The average molecular weight is 309 g/mol. The molecular formula is C16H23NO3S. The minimum absolute atomic E-state index is 0.0898. The monoisotopic (exact) mass is 309 g/mol. The number of hydrogen-bond donors (Lipinski definition) is 2. The Hall–Kier alpha value is -0.910. The Kier molecular flexibility index (Phi) is 3.84. The van der Waals surface area contributed by atoms with Gasteiger partial charge in [0.15, 0.2) is 0 Å². The minimum atomic E-state index is -3.51. The van der Waals surface area contributed by atoms with Gasteiger partial charge in [-0.1, -0.05) is 12.5 Å². The number of aryl methyl sites for hydroxylation is 2. The molecule has 0 aromatic heterocycles. The number of aliphatic hydroxyl groups excluding tert-OH is 1. The summed E-state index contributed by atoms with van der Waals surface area (Å²) in [6.07, 6.45) is 4.54. The molecule has 0 saturated heterocycles. The maximum atomic E-state index is 12.7. The summed E-state index contributed by atoms with van der Waals surface area (Å²) >= 11 is 0. The van der Waals surface area contributed by atoms with E-state index in [4.69, 9.17) is 0 Å². The molecule has 2 saturated carbocycles. The average Bonchev–Trinajstić information content (AvgIpc) is 3.00. The number of rotatable bonds is 4. The summed E-state index contributed by atoms with van der Waals surface area (Å²) in [5.41, 5.74) is 2.34. The second kappa shape index (κ2) is 5.38. The third kappa shape index (κ3) is 2.74. The Labute approximate surface area is 126 Å². The zero-order chi connectivity index (χ0) is 15.2. The van der Waals surface area contributed by atoms with Crippen LogP contribution in [0.3, 0.4) is 0 Å². The molecule has 3 atom stereocenters.